The summed E-state index contributed by atoms with van der Waals surface area (Å²) in [5.41, 5.74) is 13.3. The van der Waals surface area contributed by atoms with Gasteiger partial charge in [0.15, 0.2) is 0 Å². The highest BCUT2D eigenvalue weighted by atomic mass is 16.2. The summed E-state index contributed by atoms with van der Waals surface area (Å²) in [4.78, 5) is 32.6. The minimum Gasteiger partial charge on any atom is -0.384 e. The zero-order valence-electron chi connectivity index (χ0n) is 19.9. The highest BCUT2D eigenvalue weighted by Gasteiger charge is 2.43. The highest BCUT2D eigenvalue weighted by molar-refractivity contribution is 5.90. The molecule has 0 bridgehead atoms. The number of aromatic nitrogens is 1. The van der Waals surface area contributed by atoms with Crippen LogP contribution < -0.4 is 16.8 Å². The fourth-order valence-corrected chi connectivity index (χ4v) is 6.52. The SMILES string of the molecule is Nc1ccc(CNC(=O)C2CCCN2C(=O)C(N)C(C2CCCCC2)C2CCCCC2)cn1. The highest BCUT2D eigenvalue weighted by Crippen LogP contribution is 2.42. The number of rotatable bonds is 7. The Morgan fingerprint density at radius 3 is 2.18 bits per heavy atom. The molecule has 3 aliphatic rings. The Hall–Kier alpha value is -2.15. The van der Waals surface area contributed by atoms with Gasteiger partial charge in [-0.15, -0.1) is 0 Å². The van der Waals surface area contributed by atoms with Crippen LogP contribution in [-0.4, -0.2) is 40.3 Å². The summed E-state index contributed by atoms with van der Waals surface area (Å²) in [5, 5.41) is 2.99. The standard InChI is InChI=1S/C26H41N5O2/c27-22-14-13-18(16-29-22)17-30-25(32)21-12-7-15-31(21)26(33)24(28)23(19-8-3-1-4-9-19)20-10-5-2-6-11-20/h13-14,16,19-21,23-24H,1-12,15,17,28H2,(H2,27,29)(H,30,32). The summed E-state index contributed by atoms with van der Waals surface area (Å²) < 4.78 is 0. The average Bonchev–Trinajstić information content (AvgIpc) is 3.34. The third-order valence-corrected chi connectivity index (χ3v) is 8.24. The molecular weight excluding hydrogens is 414 g/mol. The Kier molecular flexibility index (Phi) is 8.23. The van der Waals surface area contributed by atoms with E-state index < -0.39 is 12.1 Å². The predicted molar refractivity (Wildman–Crippen MR) is 130 cm³/mol. The lowest BCUT2D eigenvalue weighted by Gasteiger charge is -2.42. The summed E-state index contributed by atoms with van der Waals surface area (Å²) in [5.74, 6) is 1.70. The molecule has 0 radical (unpaired) electrons. The van der Waals surface area contributed by atoms with Crippen LogP contribution in [0, 0.1) is 17.8 Å². The number of nitrogens with one attached hydrogen (secondary N) is 1. The first-order valence-electron chi connectivity index (χ1n) is 13.1. The van der Waals surface area contributed by atoms with Gasteiger partial charge in [-0.05, 0) is 42.2 Å². The van der Waals surface area contributed by atoms with Crippen LogP contribution in [0.15, 0.2) is 18.3 Å². The van der Waals surface area contributed by atoms with Gasteiger partial charge in [0, 0.05) is 19.3 Å². The van der Waals surface area contributed by atoms with Crippen LogP contribution in [0.25, 0.3) is 0 Å². The fraction of sp³-hybridized carbons (Fsp3) is 0.731. The van der Waals surface area contributed by atoms with Crippen molar-refractivity contribution in [3.63, 3.8) is 0 Å². The van der Waals surface area contributed by atoms with Gasteiger partial charge < -0.3 is 21.7 Å². The topological polar surface area (TPSA) is 114 Å². The number of carbonyl (C=O) groups is 2. The molecule has 7 heteroatoms. The Balaban J connectivity index is 1.42. The molecule has 7 nitrogen and oxygen atoms in total. The maximum atomic E-state index is 13.7. The number of nitrogens with zero attached hydrogens (tertiary/aromatic N) is 2. The summed E-state index contributed by atoms with van der Waals surface area (Å²) >= 11 is 0. The number of amides is 2. The van der Waals surface area contributed by atoms with E-state index in [0.717, 1.165) is 12.0 Å². The van der Waals surface area contributed by atoms with E-state index in [4.69, 9.17) is 11.5 Å². The van der Waals surface area contributed by atoms with E-state index in [1.807, 2.05) is 6.07 Å². The number of likely N-dealkylation sites (tertiary alicyclic amines) is 1. The van der Waals surface area contributed by atoms with Crippen molar-refractivity contribution in [1.82, 2.24) is 15.2 Å². The first-order chi connectivity index (χ1) is 16.0. The molecule has 4 rings (SSSR count). The molecule has 1 aromatic heterocycles. The first kappa shape index (κ1) is 24.0. The van der Waals surface area contributed by atoms with E-state index in [9.17, 15) is 9.59 Å². The molecule has 1 aromatic rings. The van der Waals surface area contributed by atoms with E-state index >= 15 is 0 Å². The summed E-state index contributed by atoms with van der Waals surface area (Å²) in [6.45, 7) is 1.000. The third kappa shape index (κ3) is 5.86. The summed E-state index contributed by atoms with van der Waals surface area (Å²) in [7, 11) is 0. The molecule has 2 unspecified atom stereocenters. The van der Waals surface area contributed by atoms with Gasteiger partial charge in [-0.1, -0.05) is 70.3 Å². The molecule has 2 atom stereocenters. The van der Waals surface area contributed by atoms with E-state index in [-0.39, 0.29) is 17.7 Å². The van der Waals surface area contributed by atoms with Gasteiger partial charge in [-0.3, -0.25) is 9.59 Å². The molecule has 1 aliphatic heterocycles. The van der Waals surface area contributed by atoms with Gasteiger partial charge in [0.25, 0.3) is 0 Å². The fourth-order valence-electron chi connectivity index (χ4n) is 6.52. The lowest BCUT2D eigenvalue weighted by Crippen LogP contribution is -2.55. The predicted octanol–water partition coefficient (Wildman–Crippen LogP) is 3.38. The van der Waals surface area contributed by atoms with Crippen LogP contribution in [-0.2, 0) is 16.1 Å². The van der Waals surface area contributed by atoms with Gasteiger partial charge in [-0.25, -0.2) is 4.98 Å². The van der Waals surface area contributed by atoms with Gasteiger partial charge in [0.1, 0.15) is 11.9 Å². The van der Waals surface area contributed by atoms with Gasteiger partial charge in [0.2, 0.25) is 11.8 Å². The maximum Gasteiger partial charge on any atom is 0.243 e. The zero-order valence-corrected chi connectivity index (χ0v) is 19.9. The van der Waals surface area contributed by atoms with Crippen molar-refractivity contribution >= 4 is 17.6 Å². The normalized spacial score (nSPS) is 23.6. The van der Waals surface area contributed by atoms with Crippen LogP contribution in [0.5, 0.6) is 0 Å². The van der Waals surface area contributed by atoms with Gasteiger partial charge in [0.05, 0.1) is 6.04 Å². The Bertz CT molecular complexity index is 768. The molecular formula is C26H41N5O2. The van der Waals surface area contributed by atoms with E-state index in [1.54, 1.807) is 17.2 Å². The lowest BCUT2D eigenvalue weighted by molar-refractivity contribution is -0.141. The second kappa shape index (κ2) is 11.3. The van der Waals surface area contributed by atoms with Crippen molar-refractivity contribution in [1.29, 1.82) is 0 Å². The van der Waals surface area contributed by atoms with Crippen LogP contribution >= 0.6 is 0 Å². The van der Waals surface area contributed by atoms with Crippen LogP contribution in [0.1, 0.15) is 82.6 Å². The number of hydrogen-bond acceptors (Lipinski definition) is 5. The van der Waals surface area contributed by atoms with E-state index in [0.29, 0.717) is 37.2 Å². The van der Waals surface area contributed by atoms with Crippen molar-refractivity contribution in [2.24, 2.45) is 23.5 Å². The largest absolute Gasteiger partial charge is 0.384 e. The average molecular weight is 456 g/mol. The van der Waals surface area contributed by atoms with Gasteiger partial charge >= 0.3 is 0 Å². The third-order valence-electron chi connectivity index (χ3n) is 8.24. The zero-order chi connectivity index (χ0) is 23.2. The minimum atomic E-state index is -0.495. The number of hydrogen-bond donors (Lipinski definition) is 3. The molecule has 2 aliphatic carbocycles. The second-order valence-electron chi connectivity index (χ2n) is 10.4. The Morgan fingerprint density at radius 1 is 0.970 bits per heavy atom. The van der Waals surface area contributed by atoms with Crippen molar-refractivity contribution < 1.29 is 9.59 Å². The molecule has 1 saturated heterocycles. The Labute approximate surface area is 198 Å². The second-order valence-corrected chi connectivity index (χ2v) is 10.4. The van der Waals surface area contributed by atoms with Crippen LogP contribution in [0.3, 0.4) is 0 Å². The summed E-state index contributed by atoms with van der Waals surface area (Å²) in [6.07, 6.45) is 15.6. The molecule has 0 aromatic carbocycles. The molecule has 33 heavy (non-hydrogen) atoms. The Morgan fingerprint density at radius 2 is 1.61 bits per heavy atom. The van der Waals surface area contributed by atoms with E-state index in [2.05, 4.69) is 10.3 Å². The molecule has 2 heterocycles. The minimum absolute atomic E-state index is 0.0112. The first-order valence-corrected chi connectivity index (χ1v) is 13.1. The van der Waals surface area contributed by atoms with Crippen molar-refractivity contribution in [2.45, 2.75) is 95.7 Å². The molecule has 3 fully saturated rings. The molecule has 0 spiro atoms. The molecule has 2 saturated carbocycles. The number of anilines is 1. The monoisotopic (exact) mass is 455 g/mol. The number of nitrogens with two attached hydrogens (primary N) is 2. The van der Waals surface area contributed by atoms with E-state index in [1.165, 1.54) is 64.2 Å². The van der Waals surface area contributed by atoms with Crippen molar-refractivity contribution in [2.75, 3.05) is 12.3 Å². The maximum absolute atomic E-state index is 13.7. The van der Waals surface area contributed by atoms with Gasteiger partial charge in [-0.2, -0.15) is 0 Å². The smallest absolute Gasteiger partial charge is 0.243 e. The van der Waals surface area contributed by atoms with Crippen molar-refractivity contribution in [3.05, 3.63) is 23.9 Å². The number of pyridine rings is 1. The summed E-state index contributed by atoms with van der Waals surface area (Å²) in [6, 6.07) is 2.66. The molecule has 5 N–H and O–H groups in total. The number of carbonyl (C=O) groups excluding carboxylic acids is 2. The quantitative estimate of drug-likeness (QED) is 0.583. The molecule has 182 valence electrons. The lowest BCUT2D eigenvalue weighted by atomic mass is 9.66. The molecule has 2 amide bonds. The van der Waals surface area contributed by atoms with Crippen molar-refractivity contribution in [3.8, 4) is 0 Å². The van der Waals surface area contributed by atoms with Crippen LogP contribution in [0.2, 0.25) is 0 Å². The number of nitrogen functional groups attached to an aromatic ring is 1. The van der Waals surface area contributed by atoms with Crippen LogP contribution in [0.4, 0.5) is 5.82 Å².